The second kappa shape index (κ2) is 7.26. The van der Waals surface area contributed by atoms with Crippen LogP contribution in [0.3, 0.4) is 0 Å². The Morgan fingerprint density at radius 2 is 2.08 bits per heavy atom. The Morgan fingerprint density at radius 1 is 1.32 bits per heavy atom. The number of carbonyl (C=O) groups is 1. The van der Waals surface area contributed by atoms with Crippen molar-refractivity contribution < 1.29 is 9.53 Å². The van der Waals surface area contributed by atoms with Crippen LogP contribution in [-0.2, 0) is 17.7 Å². The molecule has 1 amide bonds. The second-order valence-electron chi connectivity index (χ2n) is 6.96. The average molecular weight is 359 g/mol. The maximum absolute atomic E-state index is 13.0. The zero-order valence-electron chi connectivity index (χ0n) is 15.6. The van der Waals surface area contributed by atoms with E-state index in [2.05, 4.69) is 37.0 Å². The Balaban J connectivity index is 1.84. The van der Waals surface area contributed by atoms with E-state index in [4.69, 9.17) is 4.74 Å². The van der Waals surface area contributed by atoms with E-state index in [0.717, 1.165) is 28.5 Å². The summed E-state index contributed by atoms with van der Waals surface area (Å²) in [6.07, 6.45) is 0.843. The topological polar surface area (TPSA) is 42.4 Å². The van der Waals surface area contributed by atoms with E-state index < -0.39 is 0 Å². The SMILES string of the molecule is COC(C)c1nc(C)c(C(=O)N2CCc3c(cccc3C(C)C)C2)s1. The van der Waals surface area contributed by atoms with Crippen molar-refractivity contribution in [2.75, 3.05) is 13.7 Å². The number of amides is 1. The van der Waals surface area contributed by atoms with E-state index in [1.54, 1.807) is 7.11 Å². The summed E-state index contributed by atoms with van der Waals surface area (Å²) in [6, 6.07) is 6.48. The van der Waals surface area contributed by atoms with Crippen molar-refractivity contribution in [3.05, 3.63) is 50.5 Å². The minimum Gasteiger partial charge on any atom is -0.375 e. The van der Waals surface area contributed by atoms with Gasteiger partial charge in [-0.05, 0) is 42.9 Å². The van der Waals surface area contributed by atoms with Gasteiger partial charge in [-0.2, -0.15) is 0 Å². The van der Waals surface area contributed by atoms with E-state index in [1.807, 2.05) is 18.7 Å². The number of hydrogen-bond donors (Lipinski definition) is 0. The molecule has 2 aromatic rings. The van der Waals surface area contributed by atoms with Gasteiger partial charge in [-0.25, -0.2) is 4.98 Å². The first-order valence-electron chi connectivity index (χ1n) is 8.82. The van der Waals surface area contributed by atoms with Gasteiger partial charge in [-0.1, -0.05) is 32.0 Å². The van der Waals surface area contributed by atoms with Crippen LogP contribution in [0.5, 0.6) is 0 Å². The number of nitrogens with zero attached hydrogens (tertiary/aromatic N) is 2. The summed E-state index contributed by atoms with van der Waals surface area (Å²) in [7, 11) is 1.66. The van der Waals surface area contributed by atoms with Gasteiger partial charge in [-0.15, -0.1) is 11.3 Å². The van der Waals surface area contributed by atoms with Gasteiger partial charge in [0.25, 0.3) is 5.91 Å². The predicted octanol–water partition coefficient (Wildman–Crippen LogP) is 4.48. The number of hydrogen-bond acceptors (Lipinski definition) is 4. The molecule has 0 N–H and O–H groups in total. The zero-order chi connectivity index (χ0) is 18.1. The fraction of sp³-hybridized carbons (Fsp3) is 0.500. The van der Waals surface area contributed by atoms with Crippen molar-refractivity contribution in [1.82, 2.24) is 9.88 Å². The van der Waals surface area contributed by atoms with E-state index in [9.17, 15) is 4.79 Å². The highest BCUT2D eigenvalue weighted by molar-refractivity contribution is 7.13. The summed E-state index contributed by atoms with van der Waals surface area (Å²) in [5.41, 5.74) is 4.92. The van der Waals surface area contributed by atoms with Crippen LogP contribution >= 0.6 is 11.3 Å². The molecule has 0 fully saturated rings. The number of ether oxygens (including phenoxy) is 1. The second-order valence-corrected chi connectivity index (χ2v) is 7.99. The molecule has 1 aromatic carbocycles. The number of aromatic nitrogens is 1. The molecule has 0 saturated carbocycles. The number of carbonyl (C=O) groups excluding carboxylic acids is 1. The molecular formula is C20H26N2O2S. The molecule has 2 heterocycles. The number of fused-ring (bicyclic) bond motifs is 1. The van der Waals surface area contributed by atoms with Gasteiger partial charge in [0, 0.05) is 20.2 Å². The molecule has 1 unspecified atom stereocenters. The van der Waals surface area contributed by atoms with Crippen LogP contribution in [0.25, 0.3) is 0 Å². The molecule has 3 rings (SSSR count). The molecule has 1 atom stereocenters. The van der Waals surface area contributed by atoms with Crippen molar-refractivity contribution in [2.24, 2.45) is 0 Å². The Bertz CT molecular complexity index is 782. The van der Waals surface area contributed by atoms with Gasteiger partial charge < -0.3 is 9.64 Å². The molecule has 0 aliphatic carbocycles. The minimum atomic E-state index is -0.0825. The van der Waals surface area contributed by atoms with Crippen LogP contribution in [0.1, 0.15) is 69.9 Å². The number of thiazole rings is 1. The fourth-order valence-corrected chi connectivity index (χ4v) is 4.45. The quantitative estimate of drug-likeness (QED) is 0.809. The summed E-state index contributed by atoms with van der Waals surface area (Å²) < 4.78 is 5.33. The number of benzene rings is 1. The molecule has 0 spiro atoms. The molecular weight excluding hydrogens is 332 g/mol. The summed E-state index contributed by atoms with van der Waals surface area (Å²) in [5.74, 6) is 0.601. The van der Waals surface area contributed by atoms with Crippen molar-refractivity contribution in [3.63, 3.8) is 0 Å². The van der Waals surface area contributed by atoms with E-state index in [0.29, 0.717) is 12.5 Å². The first-order chi connectivity index (χ1) is 11.9. The third-order valence-electron chi connectivity index (χ3n) is 4.92. The van der Waals surface area contributed by atoms with Gasteiger partial charge in [0.2, 0.25) is 0 Å². The first kappa shape index (κ1) is 18.1. The number of rotatable bonds is 4. The van der Waals surface area contributed by atoms with Gasteiger partial charge in [0.1, 0.15) is 16.0 Å². The third kappa shape index (κ3) is 3.48. The van der Waals surface area contributed by atoms with E-state index in [1.165, 1.54) is 28.0 Å². The molecule has 1 aromatic heterocycles. The molecule has 0 radical (unpaired) electrons. The Morgan fingerprint density at radius 3 is 2.76 bits per heavy atom. The third-order valence-corrected chi connectivity index (χ3v) is 6.23. The smallest absolute Gasteiger partial charge is 0.266 e. The van der Waals surface area contributed by atoms with Crippen molar-refractivity contribution in [1.29, 1.82) is 0 Å². The lowest BCUT2D eigenvalue weighted by Gasteiger charge is -2.30. The highest BCUT2D eigenvalue weighted by atomic mass is 32.1. The number of aryl methyl sites for hydroxylation is 1. The zero-order valence-corrected chi connectivity index (χ0v) is 16.4. The monoisotopic (exact) mass is 358 g/mol. The predicted molar refractivity (Wildman–Crippen MR) is 101 cm³/mol. The van der Waals surface area contributed by atoms with Gasteiger partial charge in [-0.3, -0.25) is 4.79 Å². The molecule has 4 nitrogen and oxygen atoms in total. The summed E-state index contributed by atoms with van der Waals surface area (Å²) in [5, 5.41) is 0.864. The maximum Gasteiger partial charge on any atom is 0.266 e. The lowest BCUT2D eigenvalue weighted by Crippen LogP contribution is -2.36. The lowest BCUT2D eigenvalue weighted by molar-refractivity contribution is 0.0738. The summed E-state index contributed by atoms with van der Waals surface area (Å²) in [4.78, 5) is 20.2. The van der Waals surface area contributed by atoms with Gasteiger partial charge in [0.05, 0.1) is 5.69 Å². The Hall–Kier alpha value is -1.72. The molecule has 0 saturated heterocycles. The highest BCUT2D eigenvalue weighted by Gasteiger charge is 2.27. The fourth-order valence-electron chi connectivity index (χ4n) is 3.39. The lowest BCUT2D eigenvalue weighted by atomic mass is 9.89. The summed E-state index contributed by atoms with van der Waals surface area (Å²) >= 11 is 1.46. The standard InChI is InChI=1S/C20H26N2O2S/c1-12(2)16-8-6-7-15-11-22(10-9-17(15)16)20(23)18-13(3)21-19(25-18)14(4)24-5/h6-8,12,14H,9-11H2,1-5H3. The maximum atomic E-state index is 13.0. The van der Waals surface area contributed by atoms with Crippen molar-refractivity contribution >= 4 is 17.2 Å². The summed E-state index contributed by atoms with van der Waals surface area (Å²) in [6.45, 7) is 9.77. The van der Waals surface area contributed by atoms with Crippen LogP contribution in [0, 0.1) is 6.92 Å². The van der Waals surface area contributed by atoms with Crippen LogP contribution in [0.15, 0.2) is 18.2 Å². The van der Waals surface area contributed by atoms with E-state index >= 15 is 0 Å². The van der Waals surface area contributed by atoms with Gasteiger partial charge >= 0.3 is 0 Å². The first-order valence-corrected chi connectivity index (χ1v) is 9.64. The van der Waals surface area contributed by atoms with Crippen molar-refractivity contribution in [3.8, 4) is 0 Å². The highest BCUT2D eigenvalue weighted by Crippen LogP contribution is 2.30. The van der Waals surface area contributed by atoms with Crippen molar-refractivity contribution in [2.45, 2.75) is 52.7 Å². The Kier molecular flexibility index (Phi) is 5.25. The molecule has 134 valence electrons. The van der Waals surface area contributed by atoms with Crippen LogP contribution in [0.2, 0.25) is 0 Å². The Labute approximate surface area is 153 Å². The minimum absolute atomic E-state index is 0.0825. The van der Waals surface area contributed by atoms with E-state index in [-0.39, 0.29) is 12.0 Å². The van der Waals surface area contributed by atoms with Gasteiger partial charge in [0.15, 0.2) is 0 Å². The van der Waals surface area contributed by atoms with Crippen LogP contribution < -0.4 is 0 Å². The normalized spacial score (nSPS) is 15.4. The average Bonchev–Trinajstić information content (AvgIpc) is 3.01. The molecule has 1 aliphatic heterocycles. The number of methoxy groups -OCH3 is 1. The molecule has 25 heavy (non-hydrogen) atoms. The molecule has 5 heteroatoms. The molecule has 1 aliphatic rings. The van der Waals surface area contributed by atoms with Crippen LogP contribution in [0.4, 0.5) is 0 Å². The largest absolute Gasteiger partial charge is 0.375 e. The molecule has 0 bridgehead atoms. The van der Waals surface area contributed by atoms with Crippen LogP contribution in [-0.4, -0.2) is 29.4 Å².